The van der Waals surface area contributed by atoms with Crippen molar-refractivity contribution in [2.75, 3.05) is 11.1 Å². The fourth-order valence-electron chi connectivity index (χ4n) is 3.39. The molecule has 1 atom stereocenters. The molecule has 0 aliphatic carbocycles. The highest BCUT2D eigenvalue weighted by atomic mass is 35.5. The summed E-state index contributed by atoms with van der Waals surface area (Å²) in [6, 6.07) is 12.6. The zero-order chi connectivity index (χ0) is 24.8. The van der Waals surface area contributed by atoms with Crippen LogP contribution in [0.25, 0.3) is 0 Å². The SMILES string of the molecule is CCn1c(SCC(=O)Nc2ccc(C)c(Cl)c2)nnc1[C@H](NC(=O)c1ccc(C)cc1)C(C)C. The van der Waals surface area contributed by atoms with Crippen molar-refractivity contribution in [1.29, 1.82) is 0 Å². The van der Waals surface area contributed by atoms with E-state index in [2.05, 4.69) is 20.8 Å². The van der Waals surface area contributed by atoms with Gasteiger partial charge >= 0.3 is 0 Å². The second kappa shape index (κ2) is 11.5. The molecular weight excluding hydrogens is 470 g/mol. The molecule has 2 amide bonds. The molecular formula is C25H30ClN5O2S. The first-order valence-corrected chi connectivity index (χ1v) is 12.5. The van der Waals surface area contributed by atoms with Gasteiger partial charge in [0.1, 0.15) is 0 Å². The van der Waals surface area contributed by atoms with Crippen LogP contribution in [-0.4, -0.2) is 32.3 Å². The van der Waals surface area contributed by atoms with E-state index in [4.69, 9.17) is 11.6 Å². The third kappa shape index (κ3) is 6.39. The average Bonchev–Trinajstić information content (AvgIpc) is 3.21. The van der Waals surface area contributed by atoms with Gasteiger partial charge in [0.05, 0.1) is 11.8 Å². The topological polar surface area (TPSA) is 88.9 Å². The fraction of sp³-hybridized carbons (Fsp3) is 0.360. The van der Waals surface area contributed by atoms with Crippen LogP contribution in [0.2, 0.25) is 5.02 Å². The fourth-order valence-corrected chi connectivity index (χ4v) is 4.38. The molecule has 1 aromatic heterocycles. The Labute approximate surface area is 209 Å². The summed E-state index contributed by atoms with van der Waals surface area (Å²) in [6.07, 6.45) is 0. The molecule has 0 unspecified atom stereocenters. The number of aryl methyl sites for hydroxylation is 2. The van der Waals surface area contributed by atoms with Crippen LogP contribution >= 0.6 is 23.4 Å². The lowest BCUT2D eigenvalue weighted by molar-refractivity contribution is -0.113. The van der Waals surface area contributed by atoms with Crippen molar-refractivity contribution >= 4 is 40.9 Å². The van der Waals surface area contributed by atoms with Gasteiger partial charge in [-0.05, 0) is 56.5 Å². The number of aromatic nitrogens is 3. The molecule has 0 saturated carbocycles. The van der Waals surface area contributed by atoms with E-state index in [1.807, 2.05) is 75.6 Å². The third-order valence-corrected chi connectivity index (χ3v) is 6.77. The van der Waals surface area contributed by atoms with E-state index in [-0.39, 0.29) is 29.5 Å². The van der Waals surface area contributed by atoms with E-state index in [9.17, 15) is 9.59 Å². The van der Waals surface area contributed by atoms with Gasteiger partial charge in [0, 0.05) is 22.8 Å². The van der Waals surface area contributed by atoms with Crippen molar-refractivity contribution in [2.24, 2.45) is 5.92 Å². The predicted octanol–water partition coefficient (Wildman–Crippen LogP) is 5.43. The molecule has 2 N–H and O–H groups in total. The maximum atomic E-state index is 12.8. The van der Waals surface area contributed by atoms with E-state index < -0.39 is 0 Å². The zero-order valence-electron chi connectivity index (χ0n) is 20.1. The van der Waals surface area contributed by atoms with Crippen LogP contribution in [0.3, 0.4) is 0 Å². The number of benzene rings is 2. The molecule has 1 heterocycles. The van der Waals surface area contributed by atoms with Gasteiger partial charge in [0.15, 0.2) is 11.0 Å². The van der Waals surface area contributed by atoms with Crippen LogP contribution in [0.4, 0.5) is 5.69 Å². The lowest BCUT2D eigenvalue weighted by Gasteiger charge is -2.22. The Kier molecular flexibility index (Phi) is 8.74. The minimum absolute atomic E-state index is 0.0938. The maximum Gasteiger partial charge on any atom is 0.251 e. The Morgan fingerprint density at radius 1 is 1.09 bits per heavy atom. The lowest BCUT2D eigenvalue weighted by Crippen LogP contribution is -2.33. The number of nitrogens with one attached hydrogen (secondary N) is 2. The van der Waals surface area contributed by atoms with Crippen LogP contribution in [0, 0.1) is 19.8 Å². The molecule has 0 radical (unpaired) electrons. The molecule has 9 heteroatoms. The molecule has 2 aromatic carbocycles. The number of carbonyl (C=O) groups is 2. The molecule has 0 bridgehead atoms. The highest BCUT2D eigenvalue weighted by molar-refractivity contribution is 7.99. The molecule has 3 rings (SSSR count). The Balaban J connectivity index is 1.70. The van der Waals surface area contributed by atoms with Gasteiger partial charge in [0.2, 0.25) is 5.91 Å². The van der Waals surface area contributed by atoms with Gasteiger partial charge in [-0.3, -0.25) is 9.59 Å². The lowest BCUT2D eigenvalue weighted by atomic mass is 10.0. The smallest absolute Gasteiger partial charge is 0.251 e. The van der Waals surface area contributed by atoms with Crippen molar-refractivity contribution in [3.63, 3.8) is 0 Å². The number of hydrogen-bond donors (Lipinski definition) is 2. The van der Waals surface area contributed by atoms with Gasteiger partial charge in [-0.25, -0.2) is 0 Å². The van der Waals surface area contributed by atoms with Gasteiger partial charge in [-0.15, -0.1) is 10.2 Å². The molecule has 7 nitrogen and oxygen atoms in total. The maximum absolute atomic E-state index is 12.8. The number of carbonyl (C=O) groups excluding carboxylic acids is 2. The second-order valence-electron chi connectivity index (χ2n) is 8.45. The Morgan fingerprint density at radius 3 is 2.41 bits per heavy atom. The predicted molar refractivity (Wildman–Crippen MR) is 137 cm³/mol. The van der Waals surface area contributed by atoms with Gasteiger partial charge in [0.25, 0.3) is 5.91 Å². The standard InChI is InChI=1S/C25H30ClN5O2S/c1-6-31-23(22(15(2)3)28-24(33)18-10-7-16(4)8-11-18)29-30-25(31)34-14-21(32)27-19-12-9-17(5)20(26)13-19/h7-13,15,22H,6,14H2,1-5H3,(H,27,32)(H,28,33)/t22-/m1/s1. The molecule has 0 aliphatic rings. The first kappa shape index (κ1) is 25.8. The largest absolute Gasteiger partial charge is 0.342 e. The van der Waals surface area contributed by atoms with Crippen molar-refractivity contribution < 1.29 is 9.59 Å². The number of halogens is 1. The molecule has 0 fully saturated rings. The normalized spacial score (nSPS) is 12.0. The summed E-state index contributed by atoms with van der Waals surface area (Å²) >= 11 is 7.45. The van der Waals surface area contributed by atoms with Gasteiger partial charge < -0.3 is 15.2 Å². The summed E-state index contributed by atoms with van der Waals surface area (Å²) in [5.74, 6) is 0.619. The molecule has 0 saturated heterocycles. The van der Waals surface area contributed by atoms with Crippen LogP contribution in [0.15, 0.2) is 47.6 Å². The van der Waals surface area contributed by atoms with E-state index >= 15 is 0 Å². The molecule has 0 aliphatic heterocycles. The van der Waals surface area contributed by atoms with Gasteiger partial charge in [-0.2, -0.15) is 0 Å². The highest BCUT2D eigenvalue weighted by Gasteiger charge is 2.26. The first-order valence-electron chi connectivity index (χ1n) is 11.2. The zero-order valence-corrected chi connectivity index (χ0v) is 21.6. The van der Waals surface area contributed by atoms with E-state index in [0.717, 1.165) is 11.1 Å². The summed E-state index contributed by atoms with van der Waals surface area (Å²) in [4.78, 5) is 25.3. The number of rotatable bonds is 9. The molecule has 34 heavy (non-hydrogen) atoms. The molecule has 3 aromatic rings. The quantitative estimate of drug-likeness (QED) is 0.383. The number of anilines is 1. The van der Waals surface area contributed by atoms with Crippen molar-refractivity contribution in [2.45, 2.75) is 52.4 Å². The summed E-state index contributed by atoms with van der Waals surface area (Å²) < 4.78 is 1.95. The number of amides is 2. The Morgan fingerprint density at radius 2 is 1.79 bits per heavy atom. The van der Waals surface area contributed by atoms with Crippen LogP contribution in [0.1, 0.15) is 54.1 Å². The number of nitrogens with zero attached hydrogens (tertiary/aromatic N) is 3. The van der Waals surface area contributed by atoms with Crippen LogP contribution in [-0.2, 0) is 11.3 Å². The summed E-state index contributed by atoms with van der Waals surface area (Å²) in [5.41, 5.74) is 3.30. The summed E-state index contributed by atoms with van der Waals surface area (Å²) in [7, 11) is 0. The minimum Gasteiger partial charge on any atom is -0.342 e. The van der Waals surface area contributed by atoms with Crippen molar-refractivity contribution in [1.82, 2.24) is 20.1 Å². The minimum atomic E-state index is -0.320. The Bertz CT molecular complexity index is 1160. The highest BCUT2D eigenvalue weighted by Crippen LogP contribution is 2.26. The number of hydrogen-bond acceptors (Lipinski definition) is 5. The Hall–Kier alpha value is -2.84. The summed E-state index contributed by atoms with van der Waals surface area (Å²) in [5, 5.41) is 15.9. The van der Waals surface area contributed by atoms with Crippen molar-refractivity contribution in [3.05, 3.63) is 70.0 Å². The third-order valence-electron chi connectivity index (χ3n) is 5.39. The summed E-state index contributed by atoms with van der Waals surface area (Å²) in [6.45, 7) is 10.6. The average molecular weight is 500 g/mol. The van der Waals surface area contributed by atoms with Crippen molar-refractivity contribution in [3.8, 4) is 0 Å². The second-order valence-corrected chi connectivity index (χ2v) is 9.80. The van der Waals surface area contributed by atoms with Gasteiger partial charge in [-0.1, -0.05) is 61.0 Å². The number of thioether (sulfide) groups is 1. The first-order chi connectivity index (χ1) is 16.2. The van der Waals surface area contributed by atoms with Crippen LogP contribution < -0.4 is 10.6 Å². The van der Waals surface area contributed by atoms with Crippen LogP contribution in [0.5, 0.6) is 0 Å². The molecule has 0 spiro atoms. The molecule has 180 valence electrons. The monoisotopic (exact) mass is 499 g/mol. The van der Waals surface area contributed by atoms with E-state index in [1.54, 1.807) is 6.07 Å². The van der Waals surface area contributed by atoms with E-state index in [0.29, 0.717) is 33.8 Å². The van der Waals surface area contributed by atoms with E-state index in [1.165, 1.54) is 11.8 Å².